The second-order valence-electron chi connectivity index (χ2n) is 6.17. The number of ether oxygens (including phenoxy) is 2. The summed E-state index contributed by atoms with van der Waals surface area (Å²) in [6.07, 6.45) is 1.59. The molecule has 27 heavy (non-hydrogen) atoms. The van der Waals surface area contributed by atoms with E-state index in [-0.39, 0.29) is 17.9 Å². The van der Waals surface area contributed by atoms with E-state index in [1.54, 1.807) is 28.9 Å². The van der Waals surface area contributed by atoms with Gasteiger partial charge in [0, 0.05) is 38.3 Å². The summed E-state index contributed by atoms with van der Waals surface area (Å²) < 4.78 is 10.2. The number of nitro benzene ring substituents is 1. The molecule has 0 spiro atoms. The highest BCUT2D eigenvalue weighted by Gasteiger charge is 2.25. The van der Waals surface area contributed by atoms with Gasteiger partial charge >= 0.3 is 12.2 Å². The number of piperazine rings is 1. The molecule has 148 valence electrons. The van der Waals surface area contributed by atoms with Gasteiger partial charge in [0.1, 0.15) is 0 Å². The van der Waals surface area contributed by atoms with Gasteiger partial charge in [-0.15, -0.1) is 0 Å². The van der Waals surface area contributed by atoms with Crippen LogP contribution in [0.5, 0.6) is 0 Å². The molecule has 0 aliphatic carbocycles. The molecule has 1 aromatic rings. The highest BCUT2D eigenvalue weighted by molar-refractivity contribution is 5.70. The Labute approximate surface area is 158 Å². The van der Waals surface area contributed by atoms with Crippen molar-refractivity contribution in [1.82, 2.24) is 9.80 Å². The average Bonchev–Trinajstić information content (AvgIpc) is 2.68. The van der Waals surface area contributed by atoms with Gasteiger partial charge in [-0.05, 0) is 31.7 Å². The van der Waals surface area contributed by atoms with Gasteiger partial charge in [-0.3, -0.25) is 10.1 Å². The molecule has 1 aliphatic heterocycles. The minimum atomic E-state index is -0.421. The molecule has 0 atom stereocenters. The maximum atomic E-state index is 12.0. The summed E-state index contributed by atoms with van der Waals surface area (Å²) in [6, 6.07) is 6.47. The molecule has 2 rings (SSSR count). The van der Waals surface area contributed by atoms with Gasteiger partial charge in [0.2, 0.25) is 0 Å². The first kappa shape index (κ1) is 20.5. The smallest absolute Gasteiger partial charge is 0.409 e. The van der Waals surface area contributed by atoms with Crippen LogP contribution in [0.2, 0.25) is 0 Å². The third-order valence-electron chi connectivity index (χ3n) is 4.30. The summed E-state index contributed by atoms with van der Waals surface area (Å²) >= 11 is 0. The maximum absolute atomic E-state index is 12.0. The number of non-ortho nitro benzene ring substituents is 1. The van der Waals surface area contributed by atoms with Crippen LogP contribution >= 0.6 is 0 Å². The van der Waals surface area contributed by atoms with Gasteiger partial charge in [-0.25, -0.2) is 9.59 Å². The predicted molar refractivity (Wildman–Crippen MR) is 97.6 cm³/mol. The molecule has 1 saturated heterocycles. The number of aryl methyl sites for hydroxylation is 1. The van der Waals surface area contributed by atoms with Gasteiger partial charge < -0.3 is 19.3 Å². The SMILES string of the molecule is CCOC(=O)N1CCN(C(=O)OCCCCc2ccc([N+](=O)[O-])cc2)CC1. The highest BCUT2D eigenvalue weighted by atomic mass is 16.6. The van der Waals surface area contributed by atoms with E-state index in [1.165, 1.54) is 12.1 Å². The lowest BCUT2D eigenvalue weighted by atomic mass is 10.1. The van der Waals surface area contributed by atoms with E-state index < -0.39 is 4.92 Å². The molecule has 1 fully saturated rings. The van der Waals surface area contributed by atoms with Crippen LogP contribution in [0.25, 0.3) is 0 Å². The average molecular weight is 379 g/mol. The van der Waals surface area contributed by atoms with Crippen molar-refractivity contribution in [2.24, 2.45) is 0 Å². The summed E-state index contributed by atoms with van der Waals surface area (Å²) in [5, 5.41) is 10.6. The predicted octanol–water partition coefficient (Wildman–Crippen LogP) is 2.83. The fourth-order valence-electron chi connectivity index (χ4n) is 2.75. The molecular weight excluding hydrogens is 354 g/mol. The lowest BCUT2D eigenvalue weighted by Gasteiger charge is -2.33. The minimum absolute atomic E-state index is 0.0794. The van der Waals surface area contributed by atoms with Crippen LogP contribution in [0.4, 0.5) is 15.3 Å². The normalized spacial score (nSPS) is 14.0. The molecule has 0 unspecified atom stereocenters. The summed E-state index contributed by atoms with van der Waals surface area (Å²) in [5.74, 6) is 0. The lowest BCUT2D eigenvalue weighted by Crippen LogP contribution is -2.50. The van der Waals surface area contributed by atoms with Crippen LogP contribution in [0, 0.1) is 10.1 Å². The monoisotopic (exact) mass is 379 g/mol. The molecule has 1 aromatic carbocycles. The second-order valence-corrected chi connectivity index (χ2v) is 6.17. The maximum Gasteiger partial charge on any atom is 0.409 e. The molecule has 0 saturated carbocycles. The van der Waals surface area contributed by atoms with E-state index in [9.17, 15) is 19.7 Å². The lowest BCUT2D eigenvalue weighted by molar-refractivity contribution is -0.384. The Kier molecular flexibility index (Phi) is 7.84. The summed E-state index contributed by atoms with van der Waals surface area (Å²) in [6.45, 7) is 4.15. The molecule has 9 nitrogen and oxygen atoms in total. The second kappa shape index (κ2) is 10.3. The molecule has 2 amide bonds. The van der Waals surface area contributed by atoms with Gasteiger partial charge in [0.25, 0.3) is 5.69 Å². The Bertz CT molecular complexity index is 641. The number of carbonyl (C=O) groups is 2. The van der Waals surface area contributed by atoms with Gasteiger partial charge in [-0.1, -0.05) is 12.1 Å². The van der Waals surface area contributed by atoms with Crippen molar-refractivity contribution < 1.29 is 24.0 Å². The van der Waals surface area contributed by atoms with Crippen LogP contribution in [0.15, 0.2) is 24.3 Å². The zero-order valence-electron chi connectivity index (χ0n) is 15.5. The summed E-state index contributed by atoms with van der Waals surface area (Å²) in [4.78, 5) is 37.0. The number of hydrogen-bond donors (Lipinski definition) is 0. The molecule has 9 heteroatoms. The standard InChI is InChI=1S/C18H25N3O6/c1-2-26-17(22)19-10-12-20(13-11-19)18(23)27-14-4-3-5-15-6-8-16(9-7-15)21(24)25/h6-9H,2-5,10-14H2,1H3. The first-order valence-electron chi connectivity index (χ1n) is 9.08. The minimum Gasteiger partial charge on any atom is -0.450 e. The summed E-state index contributed by atoms with van der Waals surface area (Å²) in [7, 11) is 0. The number of carbonyl (C=O) groups excluding carboxylic acids is 2. The van der Waals surface area contributed by atoms with Crippen LogP contribution in [0.3, 0.4) is 0 Å². The highest BCUT2D eigenvalue weighted by Crippen LogP contribution is 2.14. The number of hydrogen-bond acceptors (Lipinski definition) is 6. The number of nitro groups is 1. The fourth-order valence-corrected chi connectivity index (χ4v) is 2.75. The molecule has 0 radical (unpaired) electrons. The Morgan fingerprint density at radius 1 is 1.00 bits per heavy atom. The Morgan fingerprint density at radius 2 is 1.56 bits per heavy atom. The van der Waals surface area contributed by atoms with Crippen molar-refractivity contribution in [1.29, 1.82) is 0 Å². The van der Waals surface area contributed by atoms with Crippen LogP contribution in [-0.4, -0.2) is 66.3 Å². The quantitative estimate of drug-likeness (QED) is 0.410. The van der Waals surface area contributed by atoms with Crippen molar-refractivity contribution in [3.63, 3.8) is 0 Å². The van der Waals surface area contributed by atoms with Crippen molar-refractivity contribution >= 4 is 17.9 Å². The number of rotatable bonds is 7. The zero-order valence-corrected chi connectivity index (χ0v) is 15.5. The molecule has 1 heterocycles. The first-order valence-corrected chi connectivity index (χ1v) is 9.08. The number of nitrogens with zero attached hydrogens (tertiary/aromatic N) is 3. The number of benzene rings is 1. The number of amides is 2. The van der Waals surface area contributed by atoms with E-state index in [0.717, 1.165) is 18.4 Å². The van der Waals surface area contributed by atoms with Gasteiger partial charge in [0.05, 0.1) is 18.1 Å². The van der Waals surface area contributed by atoms with Crippen molar-refractivity contribution in [3.05, 3.63) is 39.9 Å². The molecule has 0 N–H and O–H groups in total. The van der Waals surface area contributed by atoms with E-state index >= 15 is 0 Å². The van der Waals surface area contributed by atoms with E-state index in [0.29, 0.717) is 45.8 Å². The largest absolute Gasteiger partial charge is 0.450 e. The molecule has 0 aromatic heterocycles. The Morgan fingerprint density at radius 3 is 2.07 bits per heavy atom. The topological polar surface area (TPSA) is 102 Å². The molecular formula is C18H25N3O6. The van der Waals surface area contributed by atoms with Crippen molar-refractivity contribution in [2.75, 3.05) is 39.4 Å². The zero-order chi connectivity index (χ0) is 19.6. The third-order valence-corrected chi connectivity index (χ3v) is 4.30. The number of unbranched alkanes of at least 4 members (excludes halogenated alkanes) is 1. The summed E-state index contributed by atoms with van der Waals surface area (Å²) in [5.41, 5.74) is 1.10. The van der Waals surface area contributed by atoms with E-state index in [1.807, 2.05) is 0 Å². The van der Waals surface area contributed by atoms with Crippen LogP contribution in [-0.2, 0) is 15.9 Å². The van der Waals surface area contributed by atoms with Gasteiger partial charge in [-0.2, -0.15) is 0 Å². The first-order chi connectivity index (χ1) is 13.0. The third kappa shape index (κ3) is 6.43. The Hall–Kier alpha value is -2.84. The van der Waals surface area contributed by atoms with Crippen molar-refractivity contribution in [2.45, 2.75) is 26.2 Å². The van der Waals surface area contributed by atoms with Gasteiger partial charge in [0.15, 0.2) is 0 Å². The Balaban J connectivity index is 1.60. The van der Waals surface area contributed by atoms with Crippen molar-refractivity contribution in [3.8, 4) is 0 Å². The van der Waals surface area contributed by atoms with Crippen LogP contribution < -0.4 is 0 Å². The molecule has 0 bridgehead atoms. The van der Waals surface area contributed by atoms with Crippen LogP contribution in [0.1, 0.15) is 25.3 Å². The van der Waals surface area contributed by atoms with E-state index in [2.05, 4.69) is 0 Å². The van der Waals surface area contributed by atoms with E-state index in [4.69, 9.17) is 9.47 Å². The molecule has 1 aliphatic rings. The fraction of sp³-hybridized carbons (Fsp3) is 0.556.